The third kappa shape index (κ3) is 3.56. The van der Waals surface area contributed by atoms with E-state index in [-0.39, 0.29) is 60.6 Å². The van der Waals surface area contributed by atoms with Crippen molar-refractivity contribution in [3.8, 4) is 11.8 Å². The van der Waals surface area contributed by atoms with Crippen molar-refractivity contribution in [2.75, 3.05) is 19.8 Å². The summed E-state index contributed by atoms with van der Waals surface area (Å²) in [6.45, 7) is 0.477. The second-order valence-corrected chi connectivity index (χ2v) is 8.60. The summed E-state index contributed by atoms with van der Waals surface area (Å²) in [6.07, 6.45) is -6.89. The molecule has 2 saturated heterocycles. The fourth-order valence-electron chi connectivity index (χ4n) is 4.85. The number of pyridine rings is 1. The normalized spacial score (nSPS) is 28.2. The lowest BCUT2D eigenvalue weighted by molar-refractivity contribution is -0.138. The zero-order chi connectivity index (χ0) is 23.6. The summed E-state index contributed by atoms with van der Waals surface area (Å²) >= 11 is 0. The minimum atomic E-state index is -4.68. The highest BCUT2D eigenvalue weighted by molar-refractivity contribution is 5.73. The summed E-state index contributed by atoms with van der Waals surface area (Å²) in [6, 6.07) is 5.26. The van der Waals surface area contributed by atoms with Crippen molar-refractivity contribution in [3.05, 3.63) is 46.9 Å². The number of aliphatic hydroxyl groups is 1. The van der Waals surface area contributed by atoms with Crippen molar-refractivity contribution in [3.63, 3.8) is 0 Å². The number of benzene rings is 1. The van der Waals surface area contributed by atoms with Gasteiger partial charge in [0.25, 0.3) is 6.01 Å². The molecule has 5 atom stereocenters. The standard InChI is InChI=1S/C22H19F4N3O5/c23-12-2-1-3-15-17(12)9(6-31-15)4-13-11(22(24,25)26)5-14-19(27-13)29-21(28-14)34-16-8-32-18-10(16)7-33-20(18)30/h1-3,5,9-10,16,18,20,30H,4,6-8H2,(H,27,28,29)/t9-,10+,16+,18-,20+/m0/s1. The number of fused-ring (bicyclic) bond motifs is 3. The Morgan fingerprint density at radius 3 is 2.82 bits per heavy atom. The van der Waals surface area contributed by atoms with Crippen LogP contribution in [0.4, 0.5) is 17.6 Å². The van der Waals surface area contributed by atoms with Gasteiger partial charge in [-0.15, -0.1) is 0 Å². The molecule has 3 aliphatic heterocycles. The lowest BCUT2D eigenvalue weighted by atomic mass is 9.93. The summed E-state index contributed by atoms with van der Waals surface area (Å²) in [4.78, 5) is 11.1. The molecule has 0 saturated carbocycles. The first-order chi connectivity index (χ1) is 16.3. The van der Waals surface area contributed by atoms with Gasteiger partial charge in [-0.2, -0.15) is 18.2 Å². The van der Waals surface area contributed by atoms with Gasteiger partial charge in [0.05, 0.1) is 42.5 Å². The molecule has 0 bridgehead atoms. The van der Waals surface area contributed by atoms with Crippen molar-refractivity contribution in [1.29, 1.82) is 0 Å². The molecular weight excluding hydrogens is 462 g/mol. The monoisotopic (exact) mass is 481 g/mol. The van der Waals surface area contributed by atoms with Crippen LogP contribution in [0, 0.1) is 11.7 Å². The highest BCUT2D eigenvalue weighted by atomic mass is 19.4. The van der Waals surface area contributed by atoms with E-state index in [1.807, 2.05) is 0 Å². The lowest BCUT2D eigenvalue weighted by Gasteiger charge is -2.15. The molecule has 5 heterocycles. The second kappa shape index (κ2) is 7.79. The van der Waals surface area contributed by atoms with E-state index in [1.54, 1.807) is 6.07 Å². The molecule has 6 rings (SSSR count). The van der Waals surface area contributed by atoms with Crippen molar-refractivity contribution >= 4 is 11.2 Å². The van der Waals surface area contributed by atoms with Crippen molar-refractivity contribution < 1.29 is 41.6 Å². The maximum absolute atomic E-state index is 14.4. The van der Waals surface area contributed by atoms with Crippen LogP contribution in [0.25, 0.3) is 11.2 Å². The van der Waals surface area contributed by atoms with E-state index in [0.717, 1.165) is 6.07 Å². The minimum Gasteiger partial charge on any atom is -0.493 e. The van der Waals surface area contributed by atoms with Crippen LogP contribution in [0.3, 0.4) is 0 Å². The van der Waals surface area contributed by atoms with Gasteiger partial charge in [0, 0.05) is 17.9 Å². The first-order valence-electron chi connectivity index (χ1n) is 10.7. The minimum absolute atomic E-state index is 0.0102. The number of halogens is 4. The zero-order valence-corrected chi connectivity index (χ0v) is 17.5. The Morgan fingerprint density at radius 1 is 1.15 bits per heavy atom. The molecule has 0 unspecified atom stereocenters. The van der Waals surface area contributed by atoms with E-state index in [2.05, 4.69) is 15.0 Å². The summed E-state index contributed by atoms with van der Waals surface area (Å²) in [5, 5.41) is 9.76. The molecule has 2 aromatic heterocycles. The third-order valence-electron chi connectivity index (χ3n) is 6.49. The largest absolute Gasteiger partial charge is 0.493 e. The van der Waals surface area contributed by atoms with Crippen LogP contribution in [0.5, 0.6) is 11.8 Å². The SMILES string of the molecule is O[C@@H]1OC[C@H]2[C@@H]1OC[C@H]2Oc1nc2nc(C[C@H]3COc4cccc(F)c43)c(C(F)(F)F)cc2[nH]1. The Morgan fingerprint density at radius 2 is 2.00 bits per heavy atom. The lowest BCUT2D eigenvalue weighted by Crippen LogP contribution is -2.30. The molecule has 0 aliphatic carbocycles. The molecule has 0 radical (unpaired) electrons. The number of hydrogen-bond donors (Lipinski definition) is 2. The molecule has 0 spiro atoms. The Bertz CT molecular complexity index is 1250. The zero-order valence-electron chi connectivity index (χ0n) is 17.5. The first-order valence-corrected chi connectivity index (χ1v) is 10.7. The molecule has 180 valence electrons. The van der Waals surface area contributed by atoms with Gasteiger partial charge in [0.15, 0.2) is 11.9 Å². The van der Waals surface area contributed by atoms with Crippen LogP contribution in [-0.2, 0) is 22.1 Å². The van der Waals surface area contributed by atoms with Crippen molar-refractivity contribution in [2.45, 2.75) is 37.0 Å². The number of ether oxygens (including phenoxy) is 4. The second-order valence-electron chi connectivity index (χ2n) is 8.60. The molecule has 2 fully saturated rings. The number of aromatic nitrogens is 3. The Hall–Kier alpha value is -2.96. The van der Waals surface area contributed by atoms with Gasteiger partial charge >= 0.3 is 6.18 Å². The van der Waals surface area contributed by atoms with Gasteiger partial charge in [0.1, 0.15) is 23.8 Å². The summed E-state index contributed by atoms with van der Waals surface area (Å²) in [7, 11) is 0. The number of rotatable bonds is 4. The maximum Gasteiger partial charge on any atom is 0.418 e. The molecule has 3 aromatic rings. The number of nitrogens with zero attached hydrogens (tertiary/aromatic N) is 2. The molecule has 34 heavy (non-hydrogen) atoms. The van der Waals surface area contributed by atoms with Gasteiger partial charge in [-0.05, 0) is 18.2 Å². The third-order valence-corrected chi connectivity index (χ3v) is 6.49. The van der Waals surface area contributed by atoms with Gasteiger partial charge in [-0.1, -0.05) is 6.07 Å². The molecule has 0 amide bonds. The number of nitrogens with one attached hydrogen (secondary N) is 1. The molecule has 8 nitrogen and oxygen atoms in total. The van der Waals surface area contributed by atoms with E-state index in [0.29, 0.717) is 5.75 Å². The molecule has 3 aliphatic rings. The predicted molar refractivity (Wildman–Crippen MR) is 107 cm³/mol. The summed E-state index contributed by atoms with van der Waals surface area (Å²) < 4.78 is 77.9. The smallest absolute Gasteiger partial charge is 0.418 e. The first kappa shape index (κ1) is 21.6. The van der Waals surface area contributed by atoms with E-state index in [9.17, 15) is 22.7 Å². The fourth-order valence-corrected chi connectivity index (χ4v) is 4.85. The molecular formula is C22H19F4N3O5. The number of aromatic amines is 1. The fraction of sp³-hybridized carbons (Fsp3) is 0.455. The number of imidazole rings is 1. The van der Waals surface area contributed by atoms with Crippen LogP contribution in [-0.4, -0.2) is 58.4 Å². The van der Waals surface area contributed by atoms with Crippen LogP contribution < -0.4 is 9.47 Å². The highest BCUT2D eigenvalue weighted by Crippen LogP contribution is 2.41. The summed E-state index contributed by atoms with van der Waals surface area (Å²) in [5.74, 6) is -1.04. The average Bonchev–Trinajstić information content (AvgIpc) is 3.54. The Labute approximate surface area is 189 Å². The van der Waals surface area contributed by atoms with E-state index >= 15 is 0 Å². The number of H-pyrrole nitrogens is 1. The quantitative estimate of drug-likeness (QED) is 0.553. The van der Waals surface area contributed by atoms with Crippen LogP contribution in [0.1, 0.15) is 22.7 Å². The predicted octanol–water partition coefficient (Wildman–Crippen LogP) is 2.95. The van der Waals surface area contributed by atoms with Gasteiger partial charge in [-0.25, -0.2) is 9.37 Å². The molecule has 2 N–H and O–H groups in total. The number of alkyl halides is 3. The molecule has 1 aromatic carbocycles. The van der Waals surface area contributed by atoms with Crippen LogP contribution in [0.15, 0.2) is 24.3 Å². The average molecular weight is 481 g/mol. The molecule has 12 heteroatoms. The van der Waals surface area contributed by atoms with Crippen LogP contribution >= 0.6 is 0 Å². The Balaban J connectivity index is 1.31. The van der Waals surface area contributed by atoms with Gasteiger partial charge < -0.3 is 29.0 Å². The van der Waals surface area contributed by atoms with Gasteiger partial charge in [-0.3, -0.25) is 0 Å². The maximum atomic E-state index is 14.4. The van der Waals surface area contributed by atoms with Crippen molar-refractivity contribution in [2.24, 2.45) is 5.92 Å². The van der Waals surface area contributed by atoms with E-state index in [1.165, 1.54) is 12.1 Å². The van der Waals surface area contributed by atoms with Gasteiger partial charge in [0.2, 0.25) is 0 Å². The van der Waals surface area contributed by atoms with E-state index < -0.39 is 42.0 Å². The van der Waals surface area contributed by atoms with Crippen molar-refractivity contribution in [1.82, 2.24) is 15.0 Å². The van der Waals surface area contributed by atoms with Crippen LogP contribution in [0.2, 0.25) is 0 Å². The topological polar surface area (TPSA) is 98.7 Å². The summed E-state index contributed by atoms with van der Waals surface area (Å²) in [5.41, 5.74) is -0.835. The van der Waals surface area contributed by atoms with E-state index in [4.69, 9.17) is 18.9 Å². The highest BCUT2D eigenvalue weighted by Gasteiger charge is 2.48. The number of aliphatic hydroxyl groups excluding tert-OH is 1. The Kier molecular flexibility index (Phi) is 4.94. The number of hydrogen-bond acceptors (Lipinski definition) is 7.